The number of halogens is 6. The standard InChI is InChI=1S/C11H8F6O2/c1-6(18)7-2-4-8(5-3-7)19-11(16,17)9(12)10(13,14)15/h2-5,9H,1H3. The molecule has 0 aliphatic heterocycles. The summed E-state index contributed by atoms with van der Waals surface area (Å²) >= 11 is 0. The zero-order valence-corrected chi connectivity index (χ0v) is 9.47. The lowest BCUT2D eigenvalue weighted by molar-refractivity contribution is -0.304. The quantitative estimate of drug-likeness (QED) is 0.622. The van der Waals surface area contributed by atoms with Gasteiger partial charge < -0.3 is 4.74 Å². The van der Waals surface area contributed by atoms with E-state index in [0.29, 0.717) is 0 Å². The Hall–Kier alpha value is -1.73. The summed E-state index contributed by atoms with van der Waals surface area (Å²) < 4.78 is 77.5. The molecule has 1 aromatic rings. The molecule has 0 aliphatic carbocycles. The van der Waals surface area contributed by atoms with Gasteiger partial charge in [-0.05, 0) is 31.2 Å². The van der Waals surface area contributed by atoms with Gasteiger partial charge >= 0.3 is 12.3 Å². The number of alkyl halides is 6. The molecule has 19 heavy (non-hydrogen) atoms. The lowest BCUT2D eigenvalue weighted by atomic mass is 10.1. The second kappa shape index (κ2) is 5.10. The van der Waals surface area contributed by atoms with Crippen LogP contribution in [0.25, 0.3) is 0 Å². The van der Waals surface area contributed by atoms with Gasteiger partial charge in [0.05, 0.1) is 0 Å². The second-order valence-electron chi connectivity index (χ2n) is 3.65. The number of benzene rings is 1. The largest absolute Gasteiger partial charge is 0.439 e. The van der Waals surface area contributed by atoms with Crippen molar-refractivity contribution in [2.75, 3.05) is 0 Å². The molecule has 0 saturated carbocycles. The highest BCUT2D eigenvalue weighted by Crippen LogP contribution is 2.36. The average Bonchev–Trinajstić information content (AvgIpc) is 2.27. The maximum Gasteiger partial charge on any atom is 0.439 e. The highest BCUT2D eigenvalue weighted by Gasteiger charge is 2.59. The van der Waals surface area contributed by atoms with E-state index in [2.05, 4.69) is 4.74 Å². The molecule has 0 radical (unpaired) electrons. The third-order valence-electron chi connectivity index (χ3n) is 2.10. The average molecular weight is 286 g/mol. The Bertz CT molecular complexity index is 451. The van der Waals surface area contributed by atoms with Crippen LogP contribution in [0, 0.1) is 0 Å². The van der Waals surface area contributed by atoms with E-state index >= 15 is 0 Å². The Morgan fingerprint density at radius 1 is 1.11 bits per heavy atom. The Morgan fingerprint density at radius 3 is 1.95 bits per heavy atom. The zero-order chi connectivity index (χ0) is 14.8. The highest BCUT2D eigenvalue weighted by molar-refractivity contribution is 5.94. The minimum Gasteiger partial charge on any atom is -0.430 e. The van der Waals surface area contributed by atoms with E-state index in [-0.39, 0.29) is 11.3 Å². The van der Waals surface area contributed by atoms with Gasteiger partial charge in [-0.1, -0.05) is 0 Å². The van der Waals surface area contributed by atoms with Gasteiger partial charge in [0, 0.05) is 5.56 Å². The molecule has 0 bridgehead atoms. The molecular weight excluding hydrogens is 278 g/mol. The molecule has 1 atom stereocenters. The summed E-state index contributed by atoms with van der Waals surface area (Å²) in [6, 6.07) is 3.87. The van der Waals surface area contributed by atoms with Crippen molar-refractivity contribution in [2.45, 2.75) is 25.4 Å². The maximum atomic E-state index is 12.9. The number of hydrogen-bond donors (Lipinski definition) is 0. The van der Waals surface area contributed by atoms with Crippen molar-refractivity contribution in [3.8, 4) is 5.75 Å². The van der Waals surface area contributed by atoms with Crippen molar-refractivity contribution in [3.63, 3.8) is 0 Å². The van der Waals surface area contributed by atoms with Crippen molar-refractivity contribution in [1.82, 2.24) is 0 Å². The van der Waals surface area contributed by atoms with Crippen LogP contribution in [0.1, 0.15) is 17.3 Å². The van der Waals surface area contributed by atoms with Crippen LogP contribution < -0.4 is 4.74 Å². The third kappa shape index (κ3) is 3.87. The second-order valence-corrected chi connectivity index (χ2v) is 3.65. The van der Waals surface area contributed by atoms with E-state index in [1.165, 1.54) is 6.92 Å². The van der Waals surface area contributed by atoms with Crippen molar-refractivity contribution in [1.29, 1.82) is 0 Å². The van der Waals surface area contributed by atoms with E-state index in [1.54, 1.807) is 0 Å². The normalized spacial score (nSPS) is 14.1. The number of Topliss-reactive ketones (excluding diaryl/α,β-unsaturated/α-hetero) is 1. The first-order chi connectivity index (χ1) is 8.54. The summed E-state index contributed by atoms with van der Waals surface area (Å²) in [5.41, 5.74) is 0.156. The van der Waals surface area contributed by atoms with E-state index in [4.69, 9.17) is 0 Å². The topological polar surface area (TPSA) is 26.3 Å². The molecule has 1 rings (SSSR count). The number of rotatable bonds is 4. The van der Waals surface area contributed by atoms with Crippen LogP contribution in [-0.2, 0) is 0 Å². The van der Waals surface area contributed by atoms with Crippen LogP contribution in [0.4, 0.5) is 26.3 Å². The highest BCUT2D eigenvalue weighted by atomic mass is 19.4. The van der Waals surface area contributed by atoms with Gasteiger partial charge in [-0.15, -0.1) is 0 Å². The predicted octanol–water partition coefficient (Wildman–Crippen LogP) is 3.76. The molecule has 0 aromatic heterocycles. The van der Waals surface area contributed by atoms with Crippen molar-refractivity contribution in [2.24, 2.45) is 0 Å². The molecular formula is C11H8F6O2. The molecule has 0 heterocycles. The molecule has 1 unspecified atom stereocenters. The fraction of sp³-hybridized carbons (Fsp3) is 0.364. The molecule has 0 amide bonds. The summed E-state index contributed by atoms with van der Waals surface area (Å²) in [5, 5.41) is 0. The van der Waals surface area contributed by atoms with Crippen LogP contribution in [-0.4, -0.2) is 24.2 Å². The number of carbonyl (C=O) groups excluding carboxylic acids is 1. The zero-order valence-electron chi connectivity index (χ0n) is 9.47. The molecule has 2 nitrogen and oxygen atoms in total. The van der Waals surface area contributed by atoms with Crippen LogP contribution in [0.15, 0.2) is 24.3 Å². The van der Waals surface area contributed by atoms with Crippen LogP contribution >= 0.6 is 0 Å². The van der Waals surface area contributed by atoms with E-state index in [0.717, 1.165) is 24.3 Å². The summed E-state index contributed by atoms with van der Waals surface area (Å²) in [5.74, 6) is -1.04. The summed E-state index contributed by atoms with van der Waals surface area (Å²) in [7, 11) is 0. The molecule has 0 spiro atoms. The van der Waals surface area contributed by atoms with Crippen LogP contribution in [0.3, 0.4) is 0 Å². The van der Waals surface area contributed by atoms with Gasteiger partial charge in [0.15, 0.2) is 5.78 Å². The smallest absolute Gasteiger partial charge is 0.430 e. The van der Waals surface area contributed by atoms with Crippen molar-refractivity contribution >= 4 is 5.78 Å². The Balaban J connectivity index is 2.86. The molecule has 0 fully saturated rings. The molecule has 1 aromatic carbocycles. The maximum absolute atomic E-state index is 12.9. The van der Waals surface area contributed by atoms with Gasteiger partial charge in [-0.3, -0.25) is 4.79 Å². The minimum atomic E-state index is -5.73. The van der Waals surface area contributed by atoms with Gasteiger partial charge in [-0.2, -0.15) is 22.0 Å². The number of ether oxygens (including phenoxy) is 1. The van der Waals surface area contributed by atoms with Crippen LogP contribution in [0.2, 0.25) is 0 Å². The molecule has 0 aliphatic rings. The first kappa shape index (κ1) is 15.3. The van der Waals surface area contributed by atoms with Crippen LogP contribution in [0.5, 0.6) is 5.75 Å². The van der Waals surface area contributed by atoms with Gasteiger partial charge in [0.1, 0.15) is 5.75 Å². The molecule has 0 saturated heterocycles. The molecule has 106 valence electrons. The van der Waals surface area contributed by atoms with Gasteiger partial charge in [-0.25, -0.2) is 4.39 Å². The number of carbonyl (C=O) groups is 1. The monoisotopic (exact) mass is 286 g/mol. The van der Waals surface area contributed by atoms with Crippen molar-refractivity contribution < 1.29 is 35.9 Å². The van der Waals surface area contributed by atoms with Gasteiger partial charge in [0.2, 0.25) is 0 Å². The Morgan fingerprint density at radius 2 is 1.58 bits per heavy atom. The predicted molar refractivity (Wildman–Crippen MR) is 53.0 cm³/mol. The van der Waals surface area contributed by atoms with E-state index in [1.807, 2.05) is 0 Å². The minimum absolute atomic E-state index is 0.156. The Kier molecular flexibility index (Phi) is 4.12. The molecule has 0 N–H and O–H groups in total. The summed E-state index contributed by atoms with van der Waals surface area (Å²) in [6.07, 6.45) is -15.2. The number of ketones is 1. The third-order valence-corrected chi connectivity index (χ3v) is 2.10. The van der Waals surface area contributed by atoms with E-state index in [9.17, 15) is 31.1 Å². The number of hydrogen-bond acceptors (Lipinski definition) is 2. The van der Waals surface area contributed by atoms with Crippen molar-refractivity contribution in [3.05, 3.63) is 29.8 Å². The fourth-order valence-electron chi connectivity index (χ4n) is 1.16. The first-order valence-electron chi connectivity index (χ1n) is 4.92. The lowest BCUT2D eigenvalue weighted by Gasteiger charge is -2.23. The fourth-order valence-corrected chi connectivity index (χ4v) is 1.16. The van der Waals surface area contributed by atoms with Gasteiger partial charge in [0.25, 0.3) is 6.17 Å². The molecule has 8 heteroatoms. The summed E-state index contributed by atoms with van der Waals surface area (Å²) in [4.78, 5) is 10.9. The van der Waals surface area contributed by atoms with E-state index < -0.39 is 24.2 Å². The summed E-state index contributed by atoms with van der Waals surface area (Å²) in [6.45, 7) is 1.21. The lowest BCUT2D eigenvalue weighted by Crippen LogP contribution is -2.45. The SMILES string of the molecule is CC(=O)c1ccc(OC(F)(F)C(F)C(F)(F)F)cc1. The first-order valence-corrected chi connectivity index (χ1v) is 4.92. The Labute approximate surface area is 104 Å².